The maximum absolute atomic E-state index is 12.2. The highest BCUT2D eigenvalue weighted by atomic mass is 32.1. The molecule has 8 aliphatic heterocycles. The minimum atomic E-state index is -5.79. The largest absolute Gasteiger partial charge is 0.756 e. The number of nitrogens with one attached hydrogen (secondary N) is 4. The number of phosphoric ester groups is 8. The smallest absolute Gasteiger partial charge is 0.478 e. The van der Waals surface area contributed by atoms with Crippen LogP contribution in [0.3, 0.4) is 0 Å². The van der Waals surface area contributed by atoms with E-state index in [1.165, 1.54) is 26.2 Å². The summed E-state index contributed by atoms with van der Waals surface area (Å²) in [7, 11) is -44.8. The molecule has 148 heavy (non-hydrogen) atoms. The van der Waals surface area contributed by atoms with Crippen molar-refractivity contribution in [2.45, 2.75) is 263 Å². The number of aromatic amines is 4. The van der Waals surface area contributed by atoms with Gasteiger partial charge in [0.1, 0.15) is 122 Å². The Labute approximate surface area is 852 Å². The topological polar surface area (TPSA) is 1080 Å². The summed E-state index contributed by atoms with van der Waals surface area (Å²) >= 11 is 15.5. The van der Waals surface area contributed by atoms with Crippen LogP contribution in [0, 0.1) is 13.8 Å². The van der Waals surface area contributed by atoms with E-state index in [2.05, 4.69) is 114 Å². The average molecular weight is 2390 g/mol. The monoisotopic (exact) mass is 2380 g/mol. The molecule has 82 heteroatoms. The summed E-state index contributed by atoms with van der Waals surface area (Å²) in [5.41, 5.74) is -5.99. The number of hydrogen-bond donors (Lipinski definition) is 30. The minimum Gasteiger partial charge on any atom is -0.756 e. The van der Waals surface area contributed by atoms with Crippen LogP contribution in [0.4, 0.5) is 0 Å². The van der Waals surface area contributed by atoms with Crippen molar-refractivity contribution in [3.8, 4) is 0 Å². The van der Waals surface area contributed by atoms with E-state index in [9.17, 15) is 206 Å². The van der Waals surface area contributed by atoms with E-state index < -0.39 is 354 Å². The van der Waals surface area contributed by atoms with E-state index in [1.807, 2.05) is 9.97 Å². The van der Waals surface area contributed by atoms with Crippen molar-refractivity contribution in [1.29, 1.82) is 0 Å². The molecule has 0 amide bonds. The summed E-state index contributed by atoms with van der Waals surface area (Å²) in [6.07, 6.45) is -48.3. The molecule has 18 unspecified atom stereocenters. The lowest BCUT2D eigenvalue weighted by atomic mass is 10.0. The zero-order valence-electron chi connectivity index (χ0n) is 72.5. The van der Waals surface area contributed by atoms with Gasteiger partial charge in [-0.05, 0) is 13.8 Å². The van der Waals surface area contributed by atoms with Gasteiger partial charge in [-0.2, -0.15) is 50.5 Å². The maximum atomic E-state index is 12.2. The number of ether oxygens (including phenoxy) is 8. The summed E-state index contributed by atoms with van der Waals surface area (Å²) in [5.74, 6) is -0.427. The molecule has 8 fully saturated rings. The fourth-order valence-corrected chi connectivity index (χ4v) is 23.3. The van der Waals surface area contributed by atoms with Crippen LogP contribution < -0.4 is 64.6 Å². The zero-order chi connectivity index (χ0) is 108. The third-order valence-corrected chi connectivity index (χ3v) is 33.2. The number of thiol groups is 4. The van der Waals surface area contributed by atoms with E-state index in [0.29, 0.717) is 0 Å². The Morgan fingerprint density at radius 3 is 0.872 bits per heavy atom. The van der Waals surface area contributed by atoms with E-state index in [0.717, 1.165) is 42.8 Å². The second kappa shape index (κ2) is 55.5. The van der Waals surface area contributed by atoms with Crippen LogP contribution in [-0.2, 0) is 128 Å². The first-order valence-electron chi connectivity index (χ1n) is 40.5. The molecule has 70 nitrogen and oxygen atoms in total. The number of hydrogen-bond acceptors (Lipinski definition) is 62. The molecule has 0 spiro atoms. The molecule has 0 saturated carbocycles. The molecular weight excluding hydrogens is 2270 g/mol. The van der Waals surface area contributed by atoms with Crippen LogP contribution in [0.15, 0.2) is 75.3 Å². The fourth-order valence-electron chi connectivity index (χ4n) is 13.6. The van der Waals surface area contributed by atoms with Crippen molar-refractivity contribution < 1.29 is 259 Å². The summed E-state index contributed by atoms with van der Waals surface area (Å²) < 4.78 is 194. The van der Waals surface area contributed by atoms with Gasteiger partial charge in [0.25, 0.3) is 53.5 Å². The third-order valence-electron chi connectivity index (χ3n) is 21.0. The van der Waals surface area contributed by atoms with Gasteiger partial charge in [-0.15, -0.1) is 0 Å². The Bertz CT molecular complexity index is 5600. The number of aromatic nitrogens is 8. The summed E-state index contributed by atoms with van der Waals surface area (Å²) in [6.45, 7) is -2.51. The zero-order valence-corrected chi connectivity index (χ0v) is 83.2. The second-order valence-corrected chi connectivity index (χ2v) is 45.1. The molecular formula is C66H112N8O62P8S4-4. The molecule has 26 N–H and O–H groups in total. The Hall–Kier alpha value is -3.88. The molecule has 8 saturated heterocycles. The maximum Gasteiger partial charge on any atom is 0.478 e. The fraction of sp³-hybridized carbons (Fsp3) is 0.758. The van der Waals surface area contributed by atoms with Gasteiger partial charge in [-0.1, -0.05) is 29.7 Å². The van der Waals surface area contributed by atoms with Crippen LogP contribution in [-0.4, -0.2) is 383 Å². The van der Waals surface area contributed by atoms with Gasteiger partial charge in [0.05, 0.1) is 86.8 Å². The molecule has 0 aliphatic carbocycles. The summed E-state index contributed by atoms with van der Waals surface area (Å²) in [6, 6.07) is 1.86. The van der Waals surface area contributed by atoms with E-state index in [-0.39, 0.29) is 65.2 Å². The normalized spacial score (nSPS) is 36.4. The number of aliphatic hydroxyl groups excluding tert-OH is 18. The summed E-state index contributed by atoms with van der Waals surface area (Å²) in [4.78, 5) is 189. The molecule has 0 aromatic carbocycles. The molecule has 4 aromatic rings. The number of H-pyrrole nitrogens is 4. The highest BCUT2D eigenvalue weighted by Crippen LogP contribution is 2.63. The standard InChI is InChI=1S/2C16H26N2O15P2S.2C15H24N2O16P2S.4CH4/c1-6-3-18(16(24)17-14(6)23)10-2-7(20)9(30-10)5-29-34(25,26)33-35(27,28)32-15-12(22)13(36)11(21)8(4-19)31-15;1-6-3-18(16(24)17-14(6)23)10-2-7(19)8(30-10)4-29-34(25,26)33-35(27,28)32-15-13(22)12(21)11(20)9(5-36)31-15;18-3-5-9(21)12(36)11(23)14(31-5)32-35(27,28)33-34(25,26)29-4-6-8(20)10(22)13(30-6)17-2-1-7(19)16-15(17)24;18-7-1-2-17(15(24)16-7)13-11(22)8(19)5(30-13)3-29-34(25,26)33-35(27,28)32-14-12(23)10(21)9(20)6(4-36)31-14;;;;/h2*3,7-13,15,19-22,36H,2,4-5H2,1H3,(H,25,26)(H,27,28)(H,17,23,24);1-2,5-6,8-14,18,20-23,36H,3-4H2,(H,25,26)(H,27,28)(H,16,19,24);1-2,5-6,8-14,19-23,36H,3-4H2,(H,25,26)(H,27,28)(H,16,18,24);4*1H4/p-4/t7-,8?,9-,10-,11-,12?,13+,15-;7-,8-,9?,10-,11-,12+,13?,15-;5?,6-,8+,9-,10?,11?,12+,13-,14-;5-,6?,8+,9-,10+,11?,12?,13-,14-;;;;/m1111..../s1. The number of aryl methyl sites for hydroxylation is 2. The van der Waals surface area contributed by atoms with Crippen molar-refractivity contribution >= 4 is 113 Å². The van der Waals surface area contributed by atoms with E-state index in [1.54, 1.807) is 0 Å². The van der Waals surface area contributed by atoms with Gasteiger partial charge < -0.3 is 169 Å². The minimum absolute atomic E-state index is 0. The number of rotatable bonds is 36. The summed E-state index contributed by atoms with van der Waals surface area (Å²) in [5, 5.41) is 175. The van der Waals surface area contributed by atoms with Crippen molar-refractivity contribution in [3.63, 3.8) is 0 Å². The molecule has 8 aliphatic rings. The third kappa shape index (κ3) is 35.6. The predicted molar refractivity (Wildman–Crippen MR) is 487 cm³/mol. The lowest BCUT2D eigenvalue weighted by Gasteiger charge is -2.41. The lowest BCUT2D eigenvalue weighted by Crippen LogP contribution is -2.58. The van der Waals surface area contributed by atoms with Crippen molar-refractivity contribution in [3.05, 3.63) is 131 Å². The van der Waals surface area contributed by atoms with E-state index in [4.69, 9.17) is 37.9 Å². The van der Waals surface area contributed by atoms with Crippen LogP contribution in [0.25, 0.3) is 0 Å². The van der Waals surface area contributed by atoms with Gasteiger partial charge >= 0.3 is 54.0 Å². The Morgan fingerprint density at radius 2 is 0.601 bits per heavy atom. The van der Waals surface area contributed by atoms with Gasteiger partial charge in [0, 0.05) is 72.4 Å². The van der Waals surface area contributed by atoms with Gasteiger partial charge in [0.15, 0.2) is 37.6 Å². The molecule has 12 rings (SSSR count). The SMILES string of the molecule is C.C.C.C.Cc1cn([C@H]2C[C@@H](O)[C@@H](COP(=O)(O)OP(=O)([O-])O[C@H]3OC(CO)[C@@H](O)[C@H](S)C3O)O2)c(=O)[nH]c1=O.Cc1cn([C@H]2C[C@@H](O)[C@@H](COP(=O)(O)OP(=O)([O-])O[C@H]3OC(CS)[C@@H](O)[C@H](O)C3O)O2)c(=O)[nH]c1=O.O=c1ccn([C@@H]2O[C@H](COP(=O)(O)OP(=O)([O-])O[C@H]3OC(CO)[C@@H](O)[C@H](S)C3O)[C@H](O)C2O)c(=O)[nH]1.O=c1ccn([C@@H]2O[C@H](COP(=O)(O)OP(=O)([O-])O[C@H]3OC(CS)[C@@H](O)[C@H](O)C3O)[C@H](O)C2O)c(=O)[nH]1. The van der Waals surface area contributed by atoms with Crippen LogP contribution in [0.2, 0.25) is 0 Å². The number of phosphoric acid groups is 8. The molecule has 42 atom stereocenters. The number of aliphatic hydroxyl groups is 18. The van der Waals surface area contributed by atoms with Crippen LogP contribution >= 0.6 is 113 Å². The molecule has 0 bridgehead atoms. The predicted octanol–water partition coefficient (Wildman–Crippen LogP) is -12.7. The average Bonchev–Trinajstić information content (AvgIpc) is 1.75. The molecule has 12 heterocycles. The first-order valence-corrected chi connectivity index (χ1v) is 54.6. The molecule has 0 radical (unpaired) electrons. The Kier molecular flexibility index (Phi) is 50.5. The Balaban J connectivity index is 0.000000344. The molecule has 856 valence electrons. The lowest BCUT2D eigenvalue weighted by molar-refractivity contribution is -0.295. The number of nitrogens with zero attached hydrogens (tertiary/aromatic N) is 4. The van der Waals surface area contributed by atoms with Crippen molar-refractivity contribution in [1.82, 2.24) is 38.2 Å². The van der Waals surface area contributed by atoms with E-state index >= 15 is 0 Å². The van der Waals surface area contributed by atoms with Crippen molar-refractivity contribution in [2.75, 3.05) is 51.1 Å². The Morgan fingerprint density at radius 1 is 0.345 bits per heavy atom. The quantitative estimate of drug-likeness (QED) is 0.0148. The highest BCUT2D eigenvalue weighted by molar-refractivity contribution is 7.81. The molecule has 4 aromatic heterocycles. The van der Waals surface area contributed by atoms with Crippen molar-refractivity contribution in [2.24, 2.45) is 0 Å². The van der Waals surface area contributed by atoms with Crippen LogP contribution in [0.1, 0.15) is 78.6 Å². The first-order chi connectivity index (χ1) is 66.6. The second-order valence-electron chi connectivity index (χ2n) is 31.3. The van der Waals surface area contributed by atoms with Crippen LogP contribution in [0.5, 0.6) is 0 Å². The van der Waals surface area contributed by atoms with Gasteiger partial charge in [-0.3, -0.25) is 112 Å². The van der Waals surface area contributed by atoms with Gasteiger partial charge in [0.2, 0.25) is 0 Å². The highest BCUT2D eigenvalue weighted by Gasteiger charge is 2.54. The van der Waals surface area contributed by atoms with Gasteiger partial charge in [-0.25, -0.2) is 54.7 Å². The first kappa shape index (κ1) is 135.